The average Bonchev–Trinajstić information content (AvgIpc) is 1.56. The van der Waals surface area contributed by atoms with Crippen molar-refractivity contribution in [1.82, 2.24) is 19.9 Å². The summed E-state index contributed by atoms with van der Waals surface area (Å²) in [5, 5.41) is 9.10. The summed E-state index contributed by atoms with van der Waals surface area (Å²) in [4.78, 5) is 23.4. The van der Waals surface area contributed by atoms with E-state index >= 15 is 0 Å². The average molecular weight is 1480 g/mol. The van der Waals surface area contributed by atoms with Gasteiger partial charge in [0.25, 0.3) is 0 Å². The van der Waals surface area contributed by atoms with E-state index in [0.29, 0.717) is 5.82 Å². The number of furan rings is 1. The fourth-order valence-electron chi connectivity index (χ4n) is 16.1. The fourth-order valence-corrected chi connectivity index (χ4v) is 19.3. The van der Waals surface area contributed by atoms with Gasteiger partial charge in [0.05, 0.1) is 11.4 Å². The number of aromatic nitrogens is 4. The van der Waals surface area contributed by atoms with Crippen LogP contribution in [0, 0.1) is 0 Å². The van der Waals surface area contributed by atoms with E-state index in [0.717, 1.165) is 104 Å². The molecule has 0 atom stereocenters. The predicted octanol–water partition coefficient (Wildman–Crippen LogP) is 30.0. The highest BCUT2D eigenvalue weighted by atomic mass is 32.1. The fraction of sp³-hybridized carbons (Fsp3) is 0. The molecule has 0 radical (unpaired) electrons. The summed E-state index contributed by atoms with van der Waals surface area (Å²) >= 11 is 5.28. The van der Waals surface area contributed by atoms with Crippen LogP contribution in [0.1, 0.15) is 0 Å². The van der Waals surface area contributed by atoms with Gasteiger partial charge < -0.3 is 4.42 Å². The number of thiophene rings is 3. The number of nitrogens with zero attached hydrogens (tertiary/aromatic N) is 4. The second kappa shape index (κ2) is 28.3. The Labute approximate surface area is 658 Å². The van der Waals surface area contributed by atoms with Crippen LogP contribution < -0.4 is 0 Å². The molecule has 6 aromatic heterocycles. The smallest absolute Gasteiger partial charge is 0.162 e. The van der Waals surface area contributed by atoms with E-state index in [1.165, 1.54) is 107 Å². The standard InChI is InChI=1S/C52H32N2OS.C52H32N2S2/c1-3-14-33(15-4-1)39-30-40(34-16-5-2-6-17-34)32-41(31-39)37-20-11-18-35(28-37)36-19-12-21-38(29-36)50-49-43-23-8-10-27-47(43)56-52(49)54-51(53-50)44-24-13-26-46-48(44)42-22-7-9-25-45(42)55-46;1-3-14-33(15-4-1)39-30-40(34-16-5-2-6-17-34)32-41(31-39)37-20-11-18-35(28-37)36-19-12-21-38(29-36)50-49-43-23-8-10-26-46(43)56-52(49)54-51(53-50)44-24-13-27-47-48(44)42-22-7-9-25-45(42)55-47/h2*1-32H. The summed E-state index contributed by atoms with van der Waals surface area (Å²) in [6, 6.07) is 139. The van der Waals surface area contributed by atoms with Crippen molar-refractivity contribution >= 4 is 117 Å². The van der Waals surface area contributed by atoms with Crippen molar-refractivity contribution in [2.24, 2.45) is 0 Å². The van der Waals surface area contributed by atoms with E-state index in [4.69, 9.17) is 24.4 Å². The van der Waals surface area contributed by atoms with Gasteiger partial charge in [0.2, 0.25) is 0 Å². The number of hydrogen-bond donors (Lipinski definition) is 0. The zero-order valence-corrected chi connectivity index (χ0v) is 62.8. The molecule has 22 aromatic rings. The molecular formula is C104H64N4OS3. The molecule has 0 unspecified atom stereocenters. The maximum atomic E-state index is 6.28. The summed E-state index contributed by atoms with van der Waals surface area (Å²) < 4.78 is 11.2. The molecule has 0 bridgehead atoms. The molecule has 8 heteroatoms. The molecular weight excluding hydrogens is 1420 g/mol. The summed E-state index contributed by atoms with van der Waals surface area (Å²) in [5.74, 6) is 1.45. The van der Waals surface area contributed by atoms with Gasteiger partial charge in [0, 0.05) is 84.1 Å². The lowest BCUT2D eigenvalue weighted by atomic mass is 9.92. The number of hydrogen-bond acceptors (Lipinski definition) is 8. The zero-order chi connectivity index (χ0) is 74.0. The van der Waals surface area contributed by atoms with Crippen LogP contribution in [-0.4, -0.2) is 19.9 Å². The molecule has 0 spiro atoms. The highest BCUT2D eigenvalue weighted by Gasteiger charge is 2.24. The Kier molecular flexibility index (Phi) is 16.8. The van der Waals surface area contributed by atoms with Crippen LogP contribution in [0.2, 0.25) is 0 Å². The van der Waals surface area contributed by atoms with Gasteiger partial charge in [-0.25, -0.2) is 19.9 Å². The van der Waals surface area contributed by atoms with Crippen molar-refractivity contribution in [3.63, 3.8) is 0 Å². The van der Waals surface area contributed by atoms with Gasteiger partial charge in [0.1, 0.15) is 20.8 Å². The van der Waals surface area contributed by atoms with Gasteiger partial charge in [-0.1, -0.05) is 291 Å². The normalized spacial score (nSPS) is 11.6. The quantitative estimate of drug-likeness (QED) is 0.122. The van der Waals surface area contributed by atoms with Crippen LogP contribution in [-0.2, 0) is 0 Å². The minimum Gasteiger partial charge on any atom is -0.456 e. The molecule has 0 saturated carbocycles. The van der Waals surface area contributed by atoms with Crippen LogP contribution in [0.5, 0.6) is 0 Å². The van der Waals surface area contributed by atoms with E-state index in [1.807, 2.05) is 35.6 Å². The molecule has 0 saturated heterocycles. The van der Waals surface area contributed by atoms with E-state index in [1.54, 1.807) is 22.7 Å². The number of benzene rings is 16. The molecule has 0 aliphatic carbocycles. The van der Waals surface area contributed by atoms with Gasteiger partial charge in [-0.15, -0.1) is 34.0 Å². The molecule has 0 aliphatic heterocycles. The molecule has 0 fully saturated rings. The van der Waals surface area contributed by atoms with Gasteiger partial charge in [-0.05, 0) is 186 Å². The van der Waals surface area contributed by atoms with Crippen molar-refractivity contribution in [3.05, 3.63) is 388 Å². The lowest BCUT2D eigenvalue weighted by Crippen LogP contribution is -1.94. The first-order chi connectivity index (χ1) is 55.5. The summed E-state index contributed by atoms with van der Waals surface area (Å²) in [5.41, 5.74) is 26.6. The first-order valence-corrected chi connectivity index (χ1v) is 40.1. The molecule has 524 valence electrons. The van der Waals surface area contributed by atoms with Crippen molar-refractivity contribution in [2.75, 3.05) is 0 Å². The number of para-hydroxylation sites is 1. The molecule has 112 heavy (non-hydrogen) atoms. The highest BCUT2D eigenvalue weighted by molar-refractivity contribution is 7.26. The Morgan fingerprint density at radius 2 is 0.455 bits per heavy atom. The van der Waals surface area contributed by atoms with E-state index in [-0.39, 0.29) is 0 Å². The lowest BCUT2D eigenvalue weighted by Gasteiger charge is -2.13. The van der Waals surface area contributed by atoms with Crippen LogP contribution in [0.15, 0.2) is 393 Å². The van der Waals surface area contributed by atoms with Crippen molar-refractivity contribution in [2.45, 2.75) is 0 Å². The second-order valence-electron chi connectivity index (χ2n) is 28.3. The van der Waals surface area contributed by atoms with Crippen LogP contribution in [0.25, 0.3) is 217 Å². The minimum absolute atomic E-state index is 0.691. The molecule has 22 rings (SSSR count). The molecule has 6 heterocycles. The largest absolute Gasteiger partial charge is 0.456 e. The van der Waals surface area contributed by atoms with Gasteiger partial charge in [-0.3, -0.25) is 0 Å². The molecule has 0 aliphatic rings. The number of rotatable bonds is 12. The Hall–Kier alpha value is -13.9. The minimum atomic E-state index is 0.691. The lowest BCUT2D eigenvalue weighted by molar-refractivity contribution is 0.669. The summed E-state index contributed by atoms with van der Waals surface area (Å²) in [6.07, 6.45) is 0. The molecule has 0 amide bonds. The van der Waals surface area contributed by atoms with Crippen LogP contribution >= 0.6 is 34.0 Å². The third-order valence-corrected chi connectivity index (χ3v) is 24.7. The van der Waals surface area contributed by atoms with E-state index in [2.05, 4.69) is 364 Å². The van der Waals surface area contributed by atoms with E-state index < -0.39 is 0 Å². The first kappa shape index (κ1) is 66.4. The maximum absolute atomic E-state index is 6.28. The first-order valence-electron chi connectivity index (χ1n) is 37.6. The van der Waals surface area contributed by atoms with E-state index in [9.17, 15) is 0 Å². The SMILES string of the molecule is c1ccc(-c2cc(-c3ccccc3)cc(-c3cccc(-c4cccc(-c5nc(-c6cccc7oc8ccccc8c67)nc6sc7ccccc7c56)c4)c3)c2)cc1.c1ccc(-c2cc(-c3ccccc3)cc(-c3cccc(-c4cccc(-c5nc(-c6cccc7sc8ccccc8c67)nc6sc7ccccc7c56)c4)c3)c2)cc1. The molecule has 5 nitrogen and oxygen atoms in total. The molecule has 16 aromatic carbocycles. The van der Waals surface area contributed by atoms with Crippen molar-refractivity contribution < 1.29 is 4.42 Å². The maximum Gasteiger partial charge on any atom is 0.162 e. The highest BCUT2D eigenvalue weighted by Crippen LogP contribution is 2.47. The van der Waals surface area contributed by atoms with Crippen molar-refractivity contribution in [3.8, 4) is 134 Å². The summed E-state index contributed by atoms with van der Waals surface area (Å²) in [7, 11) is 0. The topological polar surface area (TPSA) is 64.7 Å². The third kappa shape index (κ3) is 12.3. The number of fused-ring (bicyclic) bond motifs is 12. The zero-order valence-electron chi connectivity index (χ0n) is 60.4. The van der Waals surface area contributed by atoms with Crippen LogP contribution in [0.4, 0.5) is 0 Å². The summed E-state index contributed by atoms with van der Waals surface area (Å²) in [6.45, 7) is 0. The molecule has 0 N–H and O–H groups in total. The van der Waals surface area contributed by atoms with Crippen LogP contribution in [0.3, 0.4) is 0 Å². The monoisotopic (exact) mass is 1480 g/mol. The van der Waals surface area contributed by atoms with Gasteiger partial charge in [0.15, 0.2) is 11.6 Å². The van der Waals surface area contributed by atoms with Gasteiger partial charge >= 0.3 is 0 Å². The Balaban J connectivity index is 0.000000141. The van der Waals surface area contributed by atoms with Crippen molar-refractivity contribution in [1.29, 1.82) is 0 Å². The Bertz CT molecular complexity index is 6830. The predicted molar refractivity (Wildman–Crippen MR) is 475 cm³/mol. The Morgan fingerprint density at radius 3 is 0.884 bits per heavy atom. The second-order valence-corrected chi connectivity index (χ2v) is 31.4. The van der Waals surface area contributed by atoms with Gasteiger partial charge in [-0.2, -0.15) is 0 Å². The third-order valence-electron chi connectivity index (χ3n) is 21.4. The Morgan fingerprint density at radius 1 is 0.179 bits per heavy atom.